The third-order valence-electron chi connectivity index (χ3n) is 4.02. The summed E-state index contributed by atoms with van der Waals surface area (Å²) in [5.74, 6) is -1.54. The Kier molecular flexibility index (Phi) is 5.14. The Morgan fingerprint density at radius 2 is 1.75 bits per heavy atom. The van der Waals surface area contributed by atoms with Gasteiger partial charge in [0, 0.05) is 46.3 Å². The number of piperazine rings is 1. The number of nitrogens with zero attached hydrogens (tertiary/aromatic N) is 3. The summed E-state index contributed by atoms with van der Waals surface area (Å²) in [6, 6.07) is 4.95. The molecule has 1 aliphatic rings. The van der Waals surface area contributed by atoms with Gasteiger partial charge in [0.25, 0.3) is 0 Å². The number of carbonyl (C=O) groups excluding carboxylic acids is 1. The zero-order valence-electron chi connectivity index (χ0n) is 13.8. The van der Waals surface area contributed by atoms with Crippen LogP contribution in [0.15, 0.2) is 29.2 Å². The number of anilines is 1. The zero-order valence-corrected chi connectivity index (χ0v) is 14.7. The quantitative estimate of drug-likeness (QED) is 0.820. The predicted molar refractivity (Wildman–Crippen MR) is 88.3 cm³/mol. The van der Waals surface area contributed by atoms with Crippen LogP contribution >= 0.6 is 0 Å². The Labute approximate surface area is 141 Å². The number of carboxylic acids is 1. The van der Waals surface area contributed by atoms with E-state index in [4.69, 9.17) is 0 Å². The molecule has 24 heavy (non-hydrogen) atoms. The first-order valence-corrected chi connectivity index (χ1v) is 8.86. The van der Waals surface area contributed by atoms with E-state index in [1.165, 1.54) is 24.0 Å². The van der Waals surface area contributed by atoms with Crippen LogP contribution in [0.3, 0.4) is 0 Å². The Hall–Kier alpha value is -2.13. The summed E-state index contributed by atoms with van der Waals surface area (Å²) in [6.45, 7) is 1.31. The molecule has 0 radical (unpaired) electrons. The van der Waals surface area contributed by atoms with Crippen LogP contribution < -0.4 is 4.90 Å². The maximum Gasteiger partial charge on any atom is 0.323 e. The van der Waals surface area contributed by atoms with E-state index >= 15 is 0 Å². The van der Waals surface area contributed by atoms with Crippen molar-refractivity contribution in [3.8, 4) is 0 Å². The minimum Gasteiger partial charge on any atom is -0.480 e. The average Bonchev–Trinajstić information content (AvgIpc) is 2.54. The summed E-state index contributed by atoms with van der Waals surface area (Å²) in [5.41, 5.74) is 0.838. The molecule has 8 nitrogen and oxygen atoms in total. The first-order chi connectivity index (χ1) is 11.1. The summed E-state index contributed by atoms with van der Waals surface area (Å²) >= 11 is 0. The number of rotatable bonds is 4. The van der Waals surface area contributed by atoms with Crippen molar-refractivity contribution < 1.29 is 23.1 Å². The minimum atomic E-state index is -3.95. The van der Waals surface area contributed by atoms with Crippen LogP contribution in [0.25, 0.3) is 0 Å². The molecule has 1 saturated heterocycles. The molecule has 9 heteroatoms. The van der Waals surface area contributed by atoms with Crippen molar-refractivity contribution in [3.05, 3.63) is 24.3 Å². The second kappa shape index (κ2) is 6.78. The molecule has 1 aliphatic heterocycles. The van der Waals surface area contributed by atoms with Crippen LogP contribution in [0.2, 0.25) is 0 Å². The molecule has 1 atom stereocenters. The highest BCUT2D eigenvalue weighted by molar-refractivity contribution is 7.89. The second-order valence-electron chi connectivity index (χ2n) is 5.82. The van der Waals surface area contributed by atoms with Crippen LogP contribution in [-0.4, -0.2) is 74.4 Å². The fourth-order valence-corrected chi connectivity index (χ4v) is 4.16. The lowest BCUT2D eigenvalue weighted by Gasteiger charge is -2.38. The van der Waals surface area contributed by atoms with E-state index in [9.17, 15) is 23.1 Å². The van der Waals surface area contributed by atoms with Gasteiger partial charge in [-0.1, -0.05) is 0 Å². The third-order valence-corrected chi connectivity index (χ3v) is 5.94. The maximum absolute atomic E-state index is 12.8. The Morgan fingerprint density at radius 3 is 2.21 bits per heavy atom. The largest absolute Gasteiger partial charge is 0.480 e. The van der Waals surface area contributed by atoms with E-state index in [0.29, 0.717) is 0 Å². The summed E-state index contributed by atoms with van der Waals surface area (Å²) in [4.78, 5) is 26.2. The Balaban J connectivity index is 2.33. The number of benzene rings is 1. The first kappa shape index (κ1) is 18.2. The van der Waals surface area contributed by atoms with Crippen LogP contribution in [0, 0.1) is 0 Å². The minimum absolute atomic E-state index is 0.0376. The van der Waals surface area contributed by atoms with E-state index < -0.39 is 22.0 Å². The van der Waals surface area contributed by atoms with Gasteiger partial charge in [0.1, 0.15) is 6.04 Å². The van der Waals surface area contributed by atoms with Crippen molar-refractivity contribution in [1.29, 1.82) is 0 Å². The highest BCUT2D eigenvalue weighted by Gasteiger charge is 2.40. The number of sulfonamides is 1. The van der Waals surface area contributed by atoms with E-state index in [1.54, 1.807) is 12.1 Å². The van der Waals surface area contributed by atoms with Crippen molar-refractivity contribution in [3.63, 3.8) is 0 Å². The molecule has 1 unspecified atom stereocenters. The normalized spacial score (nSPS) is 19.1. The molecule has 0 aromatic heterocycles. The molecule has 0 spiro atoms. The molecule has 0 aliphatic carbocycles. The highest BCUT2D eigenvalue weighted by atomic mass is 32.2. The predicted octanol–water partition coefficient (Wildman–Crippen LogP) is 0.0586. The molecule has 1 N–H and O–H groups in total. The maximum atomic E-state index is 12.8. The number of hydrogen-bond donors (Lipinski definition) is 1. The number of hydrogen-bond acceptors (Lipinski definition) is 5. The number of carbonyl (C=O) groups is 2. The van der Waals surface area contributed by atoms with Gasteiger partial charge in [-0.2, -0.15) is 4.31 Å². The van der Waals surface area contributed by atoms with E-state index in [0.717, 1.165) is 9.99 Å². The molecular weight excluding hydrogens is 334 g/mol. The fraction of sp³-hybridized carbons (Fsp3) is 0.467. The monoisotopic (exact) mass is 355 g/mol. The Bertz CT molecular complexity index is 730. The second-order valence-corrected chi connectivity index (χ2v) is 7.71. The van der Waals surface area contributed by atoms with Crippen LogP contribution in [0.1, 0.15) is 6.92 Å². The van der Waals surface area contributed by atoms with Gasteiger partial charge in [0.15, 0.2) is 0 Å². The fourth-order valence-electron chi connectivity index (χ4n) is 2.59. The van der Waals surface area contributed by atoms with Crippen molar-refractivity contribution in [2.45, 2.75) is 17.9 Å². The van der Waals surface area contributed by atoms with Crippen LogP contribution in [0.4, 0.5) is 5.69 Å². The average molecular weight is 355 g/mol. The lowest BCUT2D eigenvalue weighted by Crippen LogP contribution is -2.58. The molecule has 132 valence electrons. The number of amides is 1. The summed E-state index contributed by atoms with van der Waals surface area (Å²) in [7, 11) is -0.275. The van der Waals surface area contributed by atoms with Crippen LogP contribution in [0.5, 0.6) is 0 Å². The van der Waals surface area contributed by atoms with E-state index in [1.807, 2.05) is 19.0 Å². The molecule has 0 bridgehead atoms. The molecule has 2 rings (SSSR count). The van der Waals surface area contributed by atoms with Crippen molar-refractivity contribution in [2.24, 2.45) is 0 Å². The topological polar surface area (TPSA) is 98.2 Å². The lowest BCUT2D eigenvalue weighted by atomic mass is 10.2. The van der Waals surface area contributed by atoms with Crippen molar-refractivity contribution in [1.82, 2.24) is 9.21 Å². The smallest absolute Gasteiger partial charge is 0.323 e. The standard InChI is InChI=1S/C15H21N3O5S/c1-11(19)17-8-9-18(14(10-17)15(20)21)24(22,23)13-6-4-12(5-7-13)16(2)3/h4-7,14H,8-10H2,1-3H3,(H,20,21). The molecule has 0 saturated carbocycles. The SMILES string of the molecule is CC(=O)N1CCN(S(=O)(=O)c2ccc(N(C)C)cc2)C(C(=O)O)C1. The van der Waals surface area contributed by atoms with Gasteiger partial charge >= 0.3 is 5.97 Å². The van der Waals surface area contributed by atoms with E-state index in [-0.39, 0.29) is 30.4 Å². The van der Waals surface area contributed by atoms with Crippen molar-refractivity contribution >= 4 is 27.6 Å². The molecule has 1 amide bonds. The van der Waals surface area contributed by atoms with Gasteiger partial charge in [0.2, 0.25) is 15.9 Å². The summed E-state index contributed by atoms with van der Waals surface area (Å²) < 4.78 is 26.6. The molecule has 1 heterocycles. The first-order valence-electron chi connectivity index (χ1n) is 7.42. The van der Waals surface area contributed by atoms with E-state index in [2.05, 4.69) is 0 Å². The summed E-state index contributed by atoms with van der Waals surface area (Å²) in [6.07, 6.45) is 0. The van der Waals surface area contributed by atoms with Crippen LogP contribution in [-0.2, 0) is 19.6 Å². The van der Waals surface area contributed by atoms with Gasteiger partial charge in [-0.05, 0) is 24.3 Å². The van der Waals surface area contributed by atoms with Gasteiger partial charge in [-0.25, -0.2) is 8.42 Å². The lowest BCUT2D eigenvalue weighted by molar-refractivity contribution is -0.145. The van der Waals surface area contributed by atoms with Gasteiger partial charge < -0.3 is 14.9 Å². The van der Waals surface area contributed by atoms with Crippen molar-refractivity contribution in [2.75, 3.05) is 38.6 Å². The zero-order chi connectivity index (χ0) is 18.1. The van der Waals surface area contributed by atoms with Gasteiger partial charge in [0.05, 0.1) is 4.90 Å². The number of carboxylic acid groups (broad SMARTS) is 1. The highest BCUT2D eigenvalue weighted by Crippen LogP contribution is 2.23. The number of aliphatic carboxylic acids is 1. The van der Waals surface area contributed by atoms with Gasteiger partial charge in [-0.3, -0.25) is 9.59 Å². The molecule has 1 aromatic rings. The molecule has 1 aromatic carbocycles. The molecular formula is C15H21N3O5S. The Morgan fingerprint density at radius 1 is 1.17 bits per heavy atom. The summed E-state index contributed by atoms with van der Waals surface area (Å²) in [5, 5.41) is 9.38. The molecule has 1 fully saturated rings. The van der Waals surface area contributed by atoms with Gasteiger partial charge in [-0.15, -0.1) is 0 Å². The third kappa shape index (κ3) is 3.51.